The number of halogens is 1. The van der Waals surface area contributed by atoms with Gasteiger partial charge in [0.25, 0.3) is 0 Å². The highest BCUT2D eigenvalue weighted by Crippen LogP contribution is 2.19. The number of nitrogens with zero attached hydrogens (tertiary/aromatic N) is 1. The van der Waals surface area contributed by atoms with E-state index in [1.807, 2.05) is 24.3 Å². The molecule has 124 valence electrons. The van der Waals surface area contributed by atoms with Crippen LogP contribution in [0.5, 0.6) is 0 Å². The van der Waals surface area contributed by atoms with Crippen LogP contribution in [-0.2, 0) is 11.2 Å². The lowest BCUT2D eigenvalue weighted by Crippen LogP contribution is -2.27. The molecular formula is C18H18ClN3O2. The number of H-pyrrole nitrogens is 1. The number of benzene rings is 2. The first kappa shape index (κ1) is 16.5. The Labute approximate surface area is 144 Å². The molecule has 3 N–H and O–H groups in total. The number of rotatable bonds is 6. The van der Waals surface area contributed by atoms with Crippen molar-refractivity contribution in [1.82, 2.24) is 15.3 Å². The van der Waals surface area contributed by atoms with E-state index in [9.17, 15) is 9.90 Å². The smallest absolute Gasteiger partial charge is 0.222 e. The zero-order valence-electron chi connectivity index (χ0n) is 13.0. The standard InChI is InChI=1S/C18H18ClN3O2/c19-13-7-5-12(6-8-13)16(23)11-18(24)20-10-9-17-21-14-3-1-2-4-15(14)22-17/h1-8,16,23H,9-11H2,(H,20,24)(H,21,22). The summed E-state index contributed by atoms with van der Waals surface area (Å²) in [5.41, 5.74) is 2.57. The molecule has 6 heteroatoms. The van der Waals surface area contributed by atoms with E-state index in [-0.39, 0.29) is 12.3 Å². The average molecular weight is 344 g/mol. The number of carbonyl (C=O) groups is 1. The van der Waals surface area contributed by atoms with E-state index >= 15 is 0 Å². The largest absolute Gasteiger partial charge is 0.388 e. The van der Waals surface area contributed by atoms with Crippen LogP contribution >= 0.6 is 11.6 Å². The van der Waals surface area contributed by atoms with Gasteiger partial charge in [-0.15, -0.1) is 0 Å². The van der Waals surface area contributed by atoms with E-state index < -0.39 is 6.10 Å². The van der Waals surface area contributed by atoms with Crippen LogP contribution in [0.1, 0.15) is 23.9 Å². The zero-order chi connectivity index (χ0) is 16.9. The molecule has 0 aliphatic carbocycles. The van der Waals surface area contributed by atoms with E-state index in [1.54, 1.807) is 24.3 Å². The molecule has 24 heavy (non-hydrogen) atoms. The molecule has 1 amide bonds. The van der Waals surface area contributed by atoms with Crippen molar-refractivity contribution in [2.24, 2.45) is 0 Å². The number of carbonyl (C=O) groups excluding carboxylic acids is 1. The van der Waals surface area contributed by atoms with E-state index in [2.05, 4.69) is 15.3 Å². The minimum Gasteiger partial charge on any atom is -0.388 e. The van der Waals surface area contributed by atoms with Crippen LogP contribution in [0.4, 0.5) is 0 Å². The molecule has 1 heterocycles. The maximum Gasteiger partial charge on any atom is 0.222 e. The maximum absolute atomic E-state index is 11.9. The molecule has 0 saturated heterocycles. The van der Waals surface area contributed by atoms with Gasteiger partial charge in [0, 0.05) is 18.0 Å². The molecule has 0 aliphatic heterocycles. The molecule has 0 aliphatic rings. The Morgan fingerprint density at radius 2 is 1.96 bits per heavy atom. The predicted octanol–water partition coefficient (Wildman–Crippen LogP) is 3.00. The quantitative estimate of drug-likeness (QED) is 0.643. The third-order valence-corrected chi connectivity index (χ3v) is 4.01. The first-order valence-corrected chi connectivity index (χ1v) is 8.13. The number of hydrogen-bond donors (Lipinski definition) is 3. The lowest BCUT2D eigenvalue weighted by molar-refractivity contribution is -0.123. The summed E-state index contributed by atoms with van der Waals surface area (Å²) in [6.45, 7) is 0.464. The molecule has 2 aromatic carbocycles. The second kappa shape index (κ2) is 7.47. The van der Waals surface area contributed by atoms with Gasteiger partial charge in [0.2, 0.25) is 5.91 Å². The van der Waals surface area contributed by atoms with Crippen molar-refractivity contribution in [3.05, 3.63) is 64.9 Å². The number of nitrogens with one attached hydrogen (secondary N) is 2. The van der Waals surface area contributed by atoms with E-state index in [0.717, 1.165) is 16.9 Å². The highest BCUT2D eigenvalue weighted by molar-refractivity contribution is 6.30. The lowest BCUT2D eigenvalue weighted by atomic mass is 10.1. The summed E-state index contributed by atoms with van der Waals surface area (Å²) in [6.07, 6.45) is -0.215. The van der Waals surface area contributed by atoms with Crippen molar-refractivity contribution in [3.63, 3.8) is 0 Å². The Hall–Kier alpha value is -2.37. The first-order chi connectivity index (χ1) is 11.6. The molecule has 1 atom stereocenters. The monoisotopic (exact) mass is 343 g/mol. The number of imidazole rings is 1. The first-order valence-electron chi connectivity index (χ1n) is 7.75. The lowest BCUT2D eigenvalue weighted by Gasteiger charge is -2.11. The van der Waals surface area contributed by atoms with Gasteiger partial charge >= 0.3 is 0 Å². The molecule has 5 nitrogen and oxygen atoms in total. The van der Waals surface area contributed by atoms with E-state index in [1.165, 1.54) is 0 Å². The van der Waals surface area contributed by atoms with Gasteiger partial charge in [-0.2, -0.15) is 0 Å². The number of aromatic nitrogens is 2. The fourth-order valence-corrected chi connectivity index (χ4v) is 2.62. The summed E-state index contributed by atoms with van der Waals surface area (Å²) in [4.78, 5) is 19.6. The normalized spacial score (nSPS) is 12.2. The number of para-hydroxylation sites is 2. The average Bonchev–Trinajstić information content (AvgIpc) is 2.98. The Morgan fingerprint density at radius 3 is 2.71 bits per heavy atom. The molecule has 0 radical (unpaired) electrons. The van der Waals surface area contributed by atoms with Crippen LogP contribution in [0, 0.1) is 0 Å². The number of hydrogen-bond acceptors (Lipinski definition) is 3. The zero-order valence-corrected chi connectivity index (χ0v) is 13.8. The van der Waals surface area contributed by atoms with Crippen LogP contribution in [0.25, 0.3) is 11.0 Å². The van der Waals surface area contributed by atoms with Crippen molar-refractivity contribution >= 4 is 28.5 Å². The maximum atomic E-state index is 11.9. The van der Waals surface area contributed by atoms with Crippen LogP contribution in [-0.4, -0.2) is 27.5 Å². The van der Waals surface area contributed by atoms with Gasteiger partial charge in [0.1, 0.15) is 5.82 Å². The minimum absolute atomic E-state index is 0.0156. The number of aliphatic hydroxyl groups is 1. The summed E-state index contributed by atoms with van der Waals surface area (Å²) >= 11 is 5.81. The summed E-state index contributed by atoms with van der Waals surface area (Å²) in [5.74, 6) is 0.628. The Kier molecular flexibility index (Phi) is 5.13. The number of fused-ring (bicyclic) bond motifs is 1. The minimum atomic E-state index is -0.839. The van der Waals surface area contributed by atoms with Crippen molar-refractivity contribution in [2.45, 2.75) is 18.9 Å². The van der Waals surface area contributed by atoms with Gasteiger partial charge in [-0.1, -0.05) is 35.9 Å². The summed E-state index contributed by atoms with van der Waals surface area (Å²) in [6, 6.07) is 14.6. The fraction of sp³-hybridized carbons (Fsp3) is 0.222. The van der Waals surface area contributed by atoms with Crippen molar-refractivity contribution in [1.29, 1.82) is 0 Å². The number of aromatic amines is 1. The number of amides is 1. The summed E-state index contributed by atoms with van der Waals surface area (Å²) in [5, 5.41) is 13.5. The molecule has 3 rings (SSSR count). The van der Waals surface area contributed by atoms with Crippen molar-refractivity contribution < 1.29 is 9.90 Å². The van der Waals surface area contributed by atoms with E-state index in [0.29, 0.717) is 23.6 Å². The Balaban J connectivity index is 1.47. The van der Waals surface area contributed by atoms with Crippen LogP contribution in [0.3, 0.4) is 0 Å². The fourth-order valence-electron chi connectivity index (χ4n) is 2.49. The van der Waals surface area contributed by atoms with E-state index in [4.69, 9.17) is 11.6 Å². The Bertz CT molecular complexity index is 797. The van der Waals surface area contributed by atoms with Gasteiger partial charge in [-0.05, 0) is 29.8 Å². The van der Waals surface area contributed by atoms with Gasteiger partial charge in [-0.3, -0.25) is 4.79 Å². The summed E-state index contributed by atoms with van der Waals surface area (Å²) in [7, 11) is 0. The molecule has 0 bridgehead atoms. The summed E-state index contributed by atoms with van der Waals surface area (Å²) < 4.78 is 0. The molecular weight excluding hydrogens is 326 g/mol. The SMILES string of the molecule is O=C(CC(O)c1ccc(Cl)cc1)NCCc1nc2ccccc2[nH]1. The second-order valence-electron chi connectivity index (χ2n) is 5.57. The van der Waals surface area contributed by atoms with Crippen LogP contribution in [0.15, 0.2) is 48.5 Å². The molecule has 0 fully saturated rings. The topological polar surface area (TPSA) is 78.0 Å². The van der Waals surface area contributed by atoms with Crippen molar-refractivity contribution in [2.75, 3.05) is 6.54 Å². The molecule has 3 aromatic rings. The molecule has 0 saturated carbocycles. The predicted molar refractivity (Wildman–Crippen MR) is 93.8 cm³/mol. The van der Waals surface area contributed by atoms with Crippen LogP contribution in [0.2, 0.25) is 5.02 Å². The van der Waals surface area contributed by atoms with Gasteiger partial charge in [-0.25, -0.2) is 4.98 Å². The van der Waals surface area contributed by atoms with Crippen molar-refractivity contribution in [3.8, 4) is 0 Å². The highest BCUT2D eigenvalue weighted by Gasteiger charge is 2.13. The van der Waals surface area contributed by atoms with Gasteiger partial charge in [0.05, 0.1) is 23.6 Å². The Morgan fingerprint density at radius 1 is 1.21 bits per heavy atom. The van der Waals surface area contributed by atoms with Crippen LogP contribution < -0.4 is 5.32 Å². The second-order valence-corrected chi connectivity index (χ2v) is 6.01. The van der Waals surface area contributed by atoms with Gasteiger partial charge < -0.3 is 15.4 Å². The van der Waals surface area contributed by atoms with Gasteiger partial charge in [0.15, 0.2) is 0 Å². The third-order valence-electron chi connectivity index (χ3n) is 3.76. The molecule has 1 unspecified atom stereocenters. The highest BCUT2D eigenvalue weighted by atomic mass is 35.5. The molecule has 0 spiro atoms. The molecule has 1 aromatic heterocycles. The number of aliphatic hydroxyl groups excluding tert-OH is 1. The third kappa shape index (κ3) is 4.13.